The van der Waals surface area contributed by atoms with Crippen LogP contribution >= 0.6 is 12.0 Å². The van der Waals surface area contributed by atoms with E-state index in [2.05, 4.69) is 14.2 Å². The van der Waals surface area contributed by atoms with Gasteiger partial charge in [0.1, 0.15) is 0 Å². The van der Waals surface area contributed by atoms with Gasteiger partial charge in [-0.15, -0.1) is 0 Å². The Kier molecular flexibility index (Phi) is 2.87. The van der Waals surface area contributed by atoms with E-state index in [0.717, 1.165) is 24.4 Å². The van der Waals surface area contributed by atoms with Gasteiger partial charge in [0, 0.05) is 6.26 Å². The fourth-order valence-electron chi connectivity index (χ4n) is 0.540. The number of carbonyl (C=O) groups is 1. The predicted molar refractivity (Wildman–Crippen MR) is 42.6 cm³/mol. The Hall–Kier alpha value is -1.30. The predicted octanol–water partition coefficient (Wildman–Crippen LogP) is 0.617. The molecule has 0 aliphatic rings. The van der Waals surface area contributed by atoms with Crippen LogP contribution in [0.15, 0.2) is 12.4 Å². The van der Waals surface area contributed by atoms with Crippen LogP contribution in [0.1, 0.15) is 10.6 Å². The Morgan fingerprint density at radius 1 is 1.58 bits per heavy atom. The Morgan fingerprint density at radius 2 is 2.17 bits per heavy atom. The zero-order valence-electron chi connectivity index (χ0n) is 6.22. The highest BCUT2D eigenvalue weighted by molar-refractivity contribution is 7.94. The molecule has 1 aromatic heterocycles. The molecule has 0 atom stereocenters. The molecule has 0 aromatic carbocycles. The molecule has 6 heteroatoms. The number of rotatable bonds is 2. The summed E-state index contributed by atoms with van der Waals surface area (Å²) >= 11 is 0.917. The molecular weight excluding hydrogens is 180 g/mol. The van der Waals surface area contributed by atoms with Crippen LogP contribution in [0.2, 0.25) is 0 Å². The van der Waals surface area contributed by atoms with Crippen molar-refractivity contribution >= 4 is 18.0 Å². The molecule has 1 N–H and O–H groups in total. The molecule has 0 amide bonds. The summed E-state index contributed by atoms with van der Waals surface area (Å²) in [6, 6.07) is 0. The third-order valence-electron chi connectivity index (χ3n) is 0.980. The summed E-state index contributed by atoms with van der Waals surface area (Å²) < 4.78 is 4.54. The smallest absolute Gasteiger partial charge is 0.388 e. The highest BCUT2D eigenvalue weighted by Crippen LogP contribution is 2.05. The number of carbonyl (C=O) groups excluding carboxylic acids is 1. The lowest BCUT2D eigenvalue weighted by Crippen LogP contribution is -2.04. The van der Waals surface area contributed by atoms with Crippen molar-refractivity contribution in [2.75, 3.05) is 6.26 Å². The lowest BCUT2D eigenvalue weighted by atomic mass is 10.5. The number of hydrogen-bond donors (Lipinski definition) is 1. The van der Waals surface area contributed by atoms with Gasteiger partial charge in [0.2, 0.25) is 5.82 Å². The molecule has 0 aliphatic heterocycles. The average molecular weight is 186 g/mol. The highest BCUT2D eigenvalue weighted by Gasteiger charge is 2.09. The quantitative estimate of drug-likeness (QED) is 0.682. The first kappa shape index (κ1) is 8.79. The molecule has 0 bridgehead atoms. The van der Waals surface area contributed by atoms with Crippen molar-refractivity contribution in [3.05, 3.63) is 18.2 Å². The monoisotopic (exact) mass is 186 g/mol. The Bertz CT molecular complexity index is 275. The van der Waals surface area contributed by atoms with Gasteiger partial charge < -0.3 is 9.29 Å². The summed E-state index contributed by atoms with van der Waals surface area (Å²) in [7, 11) is 0. The first-order valence-corrected chi connectivity index (χ1v) is 4.15. The SMILES string of the molecule is CSOC(=O)c1ncc(O)cn1. The second-order valence-corrected chi connectivity index (χ2v) is 2.30. The maximum atomic E-state index is 10.9. The van der Waals surface area contributed by atoms with Crippen LogP contribution in [-0.4, -0.2) is 27.3 Å². The molecule has 1 aromatic rings. The maximum absolute atomic E-state index is 10.9. The highest BCUT2D eigenvalue weighted by atomic mass is 32.2. The number of aromatic nitrogens is 2. The van der Waals surface area contributed by atoms with Crippen molar-refractivity contribution in [2.45, 2.75) is 0 Å². The van der Waals surface area contributed by atoms with Crippen molar-refractivity contribution < 1.29 is 14.1 Å². The van der Waals surface area contributed by atoms with Crippen LogP contribution in [-0.2, 0) is 4.18 Å². The van der Waals surface area contributed by atoms with Crippen LogP contribution in [0.4, 0.5) is 0 Å². The van der Waals surface area contributed by atoms with Crippen molar-refractivity contribution in [3.63, 3.8) is 0 Å². The minimum Gasteiger partial charge on any atom is -0.505 e. The van der Waals surface area contributed by atoms with Crippen molar-refractivity contribution in [3.8, 4) is 5.75 Å². The fraction of sp³-hybridized carbons (Fsp3) is 0.167. The average Bonchev–Trinajstić information content (AvgIpc) is 2.06. The van der Waals surface area contributed by atoms with E-state index in [4.69, 9.17) is 5.11 Å². The second kappa shape index (κ2) is 3.91. The van der Waals surface area contributed by atoms with Crippen LogP contribution in [0, 0.1) is 0 Å². The van der Waals surface area contributed by atoms with E-state index in [0.29, 0.717) is 0 Å². The minimum absolute atomic E-state index is 0.0675. The molecule has 12 heavy (non-hydrogen) atoms. The summed E-state index contributed by atoms with van der Waals surface area (Å²) in [4.78, 5) is 18.0. The number of aromatic hydroxyl groups is 1. The fourth-order valence-corrected chi connectivity index (χ4v) is 0.765. The maximum Gasteiger partial charge on any atom is 0.388 e. The van der Waals surface area contributed by atoms with Crippen LogP contribution < -0.4 is 0 Å². The first-order valence-electron chi connectivity index (χ1n) is 3.00. The van der Waals surface area contributed by atoms with Crippen molar-refractivity contribution in [1.82, 2.24) is 9.97 Å². The van der Waals surface area contributed by atoms with Crippen LogP contribution in [0.5, 0.6) is 5.75 Å². The largest absolute Gasteiger partial charge is 0.505 e. The summed E-state index contributed by atoms with van der Waals surface area (Å²) in [6.45, 7) is 0. The first-order chi connectivity index (χ1) is 5.74. The molecule has 1 rings (SSSR count). The molecule has 5 nitrogen and oxygen atoms in total. The summed E-state index contributed by atoms with van der Waals surface area (Å²) in [5, 5.41) is 8.79. The van der Waals surface area contributed by atoms with Gasteiger partial charge >= 0.3 is 5.97 Å². The van der Waals surface area contributed by atoms with Gasteiger partial charge in [0.15, 0.2) is 5.75 Å². The zero-order chi connectivity index (χ0) is 8.97. The zero-order valence-corrected chi connectivity index (χ0v) is 7.04. The molecule has 1 heterocycles. The third kappa shape index (κ3) is 2.09. The Morgan fingerprint density at radius 3 is 2.67 bits per heavy atom. The van der Waals surface area contributed by atoms with E-state index < -0.39 is 5.97 Å². The normalized spacial score (nSPS) is 9.42. The van der Waals surface area contributed by atoms with E-state index in [1.54, 1.807) is 6.26 Å². The van der Waals surface area contributed by atoms with Crippen LogP contribution in [0.25, 0.3) is 0 Å². The molecule has 0 spiro atoms. The minimum atomic E-state index is -0.623. The molecule has 0 radical (unpaired) electrons. The van der Waals surface area contributed by atoms with E-state index in [-0.39, 0.29) is 11.6 Å². The van der Waals surface area contributed by atoms with Gasteiger partial charge in [-0.1, -0.05) is 0 Å². The molecule has 64 valence electrons. The number of nitrogens with zero attached hydrogens (tertiary/aromatic N) is 2. The number of hydrogen-bond acceptors (Lipinski definition) is 6. The lowest BCUT2D eigenvalue weighted by Gasteiger charge is -1.96. The summed E-state index contributed by atoms with van der Waals surface area (Å²) in [5.41, 5.74) is 0. The van der Waals surface area contributed by atoms with E-state index >= 15 is 0 Å². The molecule has 0 saturated heterocycles. The van der Waals surface area contributed by atoms with E-state index in [9.17, 15) is 4.79 Å². The molecular formula is C6H6N2O3S. The van der Waals surface area contributed by atoms with Crippen molar-refractivity contribution in [2.24, 2.45) is 0 Å². The van der Waals surface area contributed by atoms with Crippen LogP contribution in [0.3, 0.4) is 0 Å². The van der Waals surface area contributed by atoms with Gasteiger partial charge in [-0.2, -0.15) is 0 Å². The van der Waals surface area contributed by atoms with Crippen molar-refractivity contribution in [1.29, 1.82) is 0 Å². The Balaban J connectivity index is 2.75. The molecule has 0 unspecified atom stereocenters. The van der Waals surface area contributed by atoms with Gasteiger partial charge in [-0.25, -0.2) is 14.8 Å². The van der Waals surface area contributed by atoms with E-state index in [1.165, 1.54) is 0 Å². The lowest BCUT2D eigenvalue weighted by molar-refractivity contribution is 0.0756. The van der Waals surface area contributed by atoms with Gasteiger partial charge in [0.25, 0.3) is 0 Å². The van der Waals surface area contributed by atoms with Gasteiger partial charge in [-0.05, 0) is 0 Å². The van der Waals surface area contributed by atoms with Gasteiger partial charge in [-0.3, -0.25) is 0 Å². The topological polar surface area (TPSA) is 72.3 Å². The summed E-state index contributed by atoms with van der Waals surface area (Å²) in [5.74, 6) is -0.777. The molecule has 0 aliphatic carbocycles. The Labute approximate surface area is 73.0 Å². The van der Waals surface area contributed by atoms with E-state index in [1.807, 2.05) is 0 Å². The summed E-state index contributed by atoms with van der Waals surface area (Å²) in [6.07, 6.45) is 3.87. The second-order valence-electron chi connectivity index (χ2n) is 1.80. The molecule has 0 saturated carbocycles. The van der Waals surface area contributed by atoms with Gasteiger partial charge in [0.05, 0.1) is 24.4 Å². The molecule has 0 fully saturated rings. The standard InChI is InChI=1S/C6H6N2O3S/c1-12-11-6(10)5-7-2-4(9)3-8-5/h2-3,9H,1H3. The third-order valence-corrected chi connectivity index (χ3v) is 1.30.